The summed E-state index contributed by atoms with van der Waals surface area (Å²) >= 11 is 0. The van der Waals surface area contributed by atoms with Gasteiger partial charge in [0, 0.05) is 36.4 Å². The minimum absolute atomic E-state index is 0. The molecular weight excluding hydrogens is 504 g/mol. The van der Waals surface area contributed by atoms with Gasteiger partial charge in [-0.3, -0.25) is 14.6 Å². The van der Waals surface area contributed by atoms with Crippen molar-refractivity contribution in [3.05, 3.63) is 77.0 Å². The van der Waals surface area contributed by atoms with Crippen LogP contribution in [-0.4, -0.2) is 40.1 Å². The summed E-state index contributed by atoms with van der Waals surface area (Å²) in [5, 5.41) is 9.78. The number of likely N-dealkylation sites (tertiary alicyclic amines) is 1. The number of alkyl halides is 2. The molecule has 2 aromatic carbocycles. The average molecular weight is 536 g/mol. The fourth-order valence-electron chi connectivity index (χ4n) is 4.49. The van der Waals surface area contributed by atoms with Gasteiger partial charge in [-0.2, -0.15) is 18.8 Å². The zero-order chi connectivity index (χ0) is 26.8. The van der Waals surface area contributed by atoms with Gasteiger partial charge >= 0.3 is 0 Å². The number of pyridine rings is 1. The van der Waals surface area contributed by atoms with Crippen LogP contribution in [0.2, 0.25) is 0 Å². The van der Waals surface area contributed by atoms with Gasteiger partial charge in [-0.15, -0.1) is 0 Å². The number of aromatic nitrogens is 1. The molecule has 0 saturated carbocycles. The molecule has 2 heterocycles. The molecule has 1 aliphatic rings. The molecule has 8 heteroatoms. The Morgan fingerprint density at radius 2 is 1.74 bits per heavy atom. The van der Waals surface area contributed by atoms with Crippen LogP contribution in [0.3, 0.4) is 0 Å². The number of amides is 1. The number of carbonyl (C=O) groups excluding carboxylic acids is 2. The van der Waals surface area contributed by atoms with Gasteiger partial charge in [0.1, 0.15) is 6.04 Å². The van der Waals surface area contributed by atoms with Crippen molar-refractivity contribution in [1.82, 2.24) is 9.88 Å². The number of hydrogen-bond donors (Lipinski definition) is 0. The van der Waals surface area contributed by atoms with Gasteiger partial charge in [-0.1, -0.05) is 63.3 Å². The highest BCUT2D eigenvalue weighted by Crippen LogP contribution is 2.32. The third kappa shape index (κ3) is 6.65. The number of nitriles is 1. The van der Waals surface area contributed by atoms with Crippen LogP contribution >= 0.6 is 13.5 Å². The average Bonchev–Trinajstić information content (AvgIpc) is 3.19. The highest BCUT2D eigenvalue weighted by atomic mass is 32.1. The first kappa shape index (κ1) is 29.0. The Morgan fingerprint density at radius 1 is 1.08 bits per heavy atom. The zero-order valence-electron chi connectivity index (χ0n) is 21.7. The van der Waals surface area contributed by atoms with Crippen LogP contribution in [0.1, 0.15) is 67.1 Å². The van der Waals surface area contributed by atoms with Crippen LogP contribution in [0, 0.1) is 11.3 Å². The van der Waals surface area contributed by atoms with E-state index in [2.05, 4.69) is 50.0 Å². The van der Waals surface area contributed by atoms with Crippen molar-refractivity contribution in [2.45, 2.75) is 57.4 Å². The highest BCUT2D eigenvalue weighted by Gasteiger charge is 2.47. The number of Topliss-reactive ketones (excluding diaryl/α,β-unsaturated/α-hetero) is 1. The van der Waals surface area contributed by atoms with Crippen LogP contribution < -0.4 is 0 Å². The van der Waals surface area contributed by atoms with E-state index in [0.717, 1.165) is 16.0 Å². The standard InChI is InChI=1S/C30H29F2N3O2.H2S/c1-29(2,3)22-9-6-20(7-10-22)4-5-21-8-11-26-25(16-21)24(14-15-34-26)27(36)12-13-28(37)35-19-30(31,32)17-23(35)18-33;/h4-11,14-16,23H,12-13,17,19H2,1-3H3;1H2/b5-4+;/t23-;/m0./s1. The number of halogens is 2. The molecule has 1 fully saturated rings. The predicted molar refractivity (Wildman–Crippen MR) is 150 cm³/mol. The number of rotatable bonds is 6. The molecule has 0 unspecified atom stereocenters. The van der Waals surface area contributed by atoms with Crippen LogP contribution in [0.4, 0.5) is 8.78 Å². The summed E-state index contributed by atoms with van der Waals surface area (Å²) in [5.41, 5.74) is 4.35. The van der Waals surface area contributed by atoms with Gasteiger partial charge in [0.2, 0.25) is 5.91 Å². The zero-order valence-corrected chi connectivity index (χ0v) is 22.7. The Bertz CT molecular complexity index is 1410. The molecule has 0 N–H and O–H groups in total. The molecule has 38 heavy (non-hydrogen) atoms. The number of nitrogens with zero attached hydrogens (tertiary/aromatic N) is 3. The summed E-state index contributed by atoms with van der Waals surface area (Å²) in [6, 6.07) is 16.2. The first-order valence-electron chi connectivity index (χ1n) is 12.2. The second-order valence-corrected chi connectivity index (χ2v) is 10.5. The first-order valence-corrected chi connectivity index (χ1v) is 12.2. The van der Waals surface area contributed by atoms with E-state index >= 15 is 0 Å². The van der Waals surface area contributed by atoms with Crippen molar-refractivity contribution >= 4 is 48.2 Å². The fourth-order valence-corrected chi connectivity index (χ4v) is 4.49. The van der Waals surface area contributed by atoms with Gasteiger partial charge in [-0.05, 0) is 40.3 Å². The second-order valence-electron chi connectivity index (χ2n) is 10.5. The smallest absolute Gasteiger partial charge is 0.268 e. The van der Waals surface area contributed by atoms with Crippen molar-refractivity contribution in [3.63, 3.8) is 0 Å². The van der Waals surface area contributed by atoms with E-state index in [-0.39, 0.29) is 37.5 Å². The number of fused-ring (bicyclic) bond motifs is 1. The minimum atomic E-state index is -3.08. The third-order valence-electron chi connectivity index (χ3n) is 6.62. The number of carbonyl (C=O) groups is 2. The molecule has 0 aliphatic carbocycles. The van der Waals surface area contributed by atoms with Crippen molar-refractivity contribution in [1.29, 1.82) is 5.26 Å². The molecular formula is C30H31F2N3O2S. The Labute approximate surface area is 228 Å². The summed E-state index contributed by atoms with van der Waals surface area (Å²) in [4.78, 5) is 30.8. The lowest BCUT2D eigenvalue weighted by Gasteiger charge is -2.18. The quantitative estimate of drug-likeness (QED) is 0.265. The van der Waals surface area contributed by atoms with E-state index in [9.17, 15) is 18.4 Å². The maximum absolute atomic E-state index is 13.7. The van der Waals surface area contributed by atoms with E-state index in [1.807, 2.05) is 30.4 Å². The second kappa shape index (κ2) is 11.4. The molecule has 4 rings (SSSR count). The Morgan fingerprint density at radius 3 is 2.39 bits per heavy atom. The molecule has 1 saturated heterocycles. The monoisotopic (exact) mass is 535 g/mol. The largest absolute Gasteiger partial charge is 0.320 e. The SMILES string of the molecule is CC(C)(C)c1ccc(/C=C/c2ccc3nccc(C(=O)CCC(=O)N4CC(F)(F)C[C@H]4C#N)c3c2)cc1.S. The molecule has 1 atom stereocenters. The van der Waals surface area contributed by atoms with Gasteiger partial charge in [0.05, 0.1) is 18.1 Å². The number of hydrogen-bond acceptors (Lipinski definition) is 4. The van der Waals surface area contributed by atoms with Gasteiger partial charge in [0.15, 0.2) is 5.78 Å². The van der Waals surface area contributed by atoms with Gasteiger partial charge in [-0.25, -0.2) is 8.78 Å². The molecule has 198 valence electrons. The Hall–Kier alpha value is -3.57. The van der Waals surface area contributed by atoms with E-state index in [4.69, 9.17) is 5.26 Å². The maximum atomic E-state index is 13.7. The van der Waals surface area contributed by atoms with Crippen LogP contribution in [0.5, 0.6) is 0 Å². The summed E-state index contributed by atoms with van der Waals surface area (Å²) in [6.07, 6.45) is 4.46. The minimum Gasteiger partial charge on any atom is -0.320 e. The summed E-state index contributed by atoms with van der Waals surface area (Å²) in [6.45, 7) is 5.72. The van der Waals surface area contributed by atoms with Crippen molar-refractivity contribution < 1.29 is 18.4 Å². The third-order valence-corrected chi connectivity index (χ3v) is 6.62. The summed E-state index contributed by atoms with van der Waals surface area (Å²) in [7, 11) is 0. The fraction of sp³-hybridized carbons (Fsp3) is 0.333. The van der Waals surface area contributed by atoms with E-state index in [1.165, 1.54) is 11.8 Å². The predicted octanol–water partition coefficient (Wildman–Crippen LogP) is 6.54. The molecule has 1 amide bonds. The van der Waals surface area contributed by atoms with E-state index in [1.54, 1.807) is 12.1 Å². The maximum Gasteiger partial charge on any atom is 0.268 e. The van der Waals surface area contributed by atoms with Crippen LogP contribution in [0.15, 0.2) is 54.7 Å². The van der Waals surface area contributed by atoms with Crippen molar-refractivity contribution in [2.75, 3.05) is 6.54 Å². The number of benzene rings is 2. The lowest BCUT2D eigenvalue weighted by molar-refractivity contribution is -0.132. The van der Waals surface area contributed by atoms with Crippen LogP contribution in [-0.2, 0) is 10.2 Å². The first-order chi connectivity index (χ1) is 17.5. The van der Waals surface area contributed by atoms with E-state index < -0.39 is 30.8 Å². The summed E-state index contributed by atoms with van der Waals surface area (Å²) in [5.74, 6) is -3.98. The molecule has 5 nitrogen and oxygen atoms in total. The normalized spacial score (nSPS) is 16.8. The molecule has 0 spiro atoms. The Balaban J connectivity index is 0.00000400. The van der Waals surface area contributed by atoms with Gasteiger partial charge < -0.3 is 4.90 Å². The van der Waals surface area contributed by atoms with Crippen molar-refractivity contribution in [3.8, 4) is 6.07 Å². The topological polar surface area (TPSA) is 74.1 Å². The molecule has 1 aromatic heterocycles. The lowest BCUT2D eigenvalue weighted by atomic mass is 9.87. The number of ketones is 1. The van der Waals surface area contributed by atoms with Gasteiger partial charge in [0.25, 0.3) is 5.92 Å². The molecule has 0 radical (unpaired) electrons. The summed E-state index contributed by atoms with van der Waals surface area (Å²) < 4.78 is 27.4. The molecule has 3 aromatic rings. The highest BCUT2D eigenvalue weighted by molar-refractivity contribution is 7.59. The van der Waals surface area contributed by atoms with E-state index in [0.29, 0.717) is 16.5 Å². The molecule has 1 aliphatic heterocycles. The van der Waals surface area contributed by atoms with Crippen molar-refractivity contribution in [2.24, 2.45) is 0 Å². The molecule has 0 bridgehead atoms. The van der Waals surface area contributed by atoms with Crippen LogP contribution in [0.25, 0.3) is 23.1 Å². The Kier molecular flexibility index (Phi) is 8.73. The lowest BCUT2D eigenvalue weighted by Crippen LogP contribution is -2.36.